The minimum Gasteiger partial charge on any atom is -0.469 e. The molecule has 0 spiro atoms. The zero-order chi connectivity index (χ0) is 18.2. The van der Waals surface area contributed by atoms with E-state index in [2.05, 4.69) is 11.7 Å². The van der Waals surface area contributed by atoms with Crippen molar-refractivity contribution < 1.29 is 19.4 Å². The summed E-state index contributed by atoms with van der Waals surface area (Å²) in [4.78, 5) is 22.8. The summed E-state index contributed by atoms with van der Waals surface area (Å²) < 4.78 is 4.62. The summed E-state index contributed by atoms with van der Waals surface area (Å²) in [6.45, 7) is 3.85. The molecule has 0 rings (SSSR count). The molecule has 0 aliphatic carbocycles. The molecule has 4 heteroatoms. The molecule has 0 saturated carbocycles. The van der Waals surface area contributed by atoms with Gasteiger partial charge in [-0.25, -0.2) is 0 Å². The third kappa shape index (κ3) is 13.5. The first kappa shape index (κ1) is 23.1. The Morgan fingerprint density at radius 1 is 0.875 bits per heavy atom. The SMILES string of the molecule is CCCCCC(O)CCCC(CCCCCCC(=O)OC)C(C)=O. The van der Waals surface area contributed by atoms with E-state index >= 15 is 0 Å². The van der Waals surface area contributed by atoms with Crippen LogP contribution >= 0.6 is 0 Å². The van der Waals surface area contributed by atoms with Crippen molar-refractivity contribution in [2.75, 3.05) is 7.11 Å². The lowest BCUT2D eigenvalue weighted by Crippen LogP contribution is -2.13. The topological polar surface area (TPSA) is 63.6 Å². The standard InChI is InChI=1S/C20H38O4/c1-4-5-8-14-19(22)15-11-13-18(17(2)21)12-9-6-7-10-16-20(23)24-3/h18-19,22H,4-16H2,1-3H3. The van der Waals surface area contributed by atoms with Crippen LogP contribution in [0.25, 0.3) is 0 Å². The van der Waals surface area contributed by atoms with E-state index in [4.69, 9.17) is 0 Å². The molecule has 0 aromatic heterocycles. The van der Waals surface area contributed by atoms with Crippen LogP contribution in [0.4, 0.5) is 0 Å². The molecule has 0 bridgehead atoms. The van der Waals surface area contributed by atoms with E-state index in [0.717, 1.165) is 64.2 Å². The highest BCUT2D eigenvalue weighted by Crippen LogP contribution is 2.20. The quantitative estimate of drug-likeness (QED) is 0.323. The number of methoxy groups -OCH3 is 1. The van der Waals surface area contributed by atoms with Gasteiger partial charge in [-0.2, -0.15) is 0 Å². The van der Waals surface area contributed by atoms with Gasteiger partial charge in [0.15, 0.2) is 0 Å². The smallest absolute Gasteiger partial charge is 0.305 e. The van der Waals surface area contributed by atoms with Gasteiger partial charge in [-0.3, -0.25) is 9.59 Å². The molecule has 0 aliphatic rings. The Hall–Kier alpha value is -0.900. The van der Waals surface area contributed by atoms with Crippen LogP contribution in [0, 0.1) is 5.92 Å². The number of hydrogen-bond donors (Lipinski definition) is 1. The summed E-state index contributed by atoms with van der Waals surface area (Å²) in [6.07, 6.45) is 12.2. The molecule has 0 aromatic rings. The van der Waals surface area contributed by atoms with E-state index in [1.807, 2.05) is 0 Å². The van der Waals surface area contributed by atoms with Crippen LogP contribution in [0.1, 0.15) is 97.3 Å². The molecule has 0 aliphatic heterocycles. The summed E-state index contributed by atoms with van der Waals surface area (Å²) in [5.74, 6) is 0.257. The van der Waals surface area contributed by atoms with Gasteiger partial charge in [-0.15, -0.1) is 0 Å². The number of ketones is 1. The summed E-state index contributed by atoms with van der Waals surface area (Å²) in [5.41, 5.74) is 0. The number of esters is 1. The minimum atomic E-state index is -0.206. The third-order valence-electron chi connectivity index (χ3n) is 4.72. The van der Waals surface area contributed by atoms with Gasteiger partial charge in [-0.1, -0.05) is 51.9 Å². The van der Waals surface area contributed by atoms with Gasteiger partial charge in [0.05, 0.1) is 13.2 Å². The fourth-order valence-electron chi connectivity index (χ4n) is 3.04. The fraction of sp³-hybridized carbons (Fsp3) is 0.900. The van der Waals surface area contributed by atoms with E-state index in [9.17, 15) is 14.7 Å². The third-order valence-corrected chi connectivity index (χ3v) is 4.72. The van der Waals surface area contributed by atoms with E-state index in [1.165, 1.54) is 20.0 Å². The number of aliphatic hydroxyl groups is 1. The lowest BCUT2D eigenvalue weighted by Gasteiger charge is -2.15. The summed E-state index contributed by atoms with van der Waals surface area (Å²) in [6, 6.07) is 0. The van der Waals surface area contributed by atoms with Gasteiger partial charge in [0.1, 0.15) is 5.78 Å². The lowest BCUT2D eigenvalue weighted by molar-refractivity contribution is -0.140. The summed E-state index contributed by atoms with van der Waals surface area (Å²) in [5, 5.41) is 9.94. The van der Waals surface area contributed by atoms with E-state index in [0.29, 0.717) is 6.42 Å². The predicted molar refractivity (Wildman–Crippen MR) is 97.9 cm³/mol. The van der Waals surface area contributed by atoms with Crippen molar-refractivity contribution >= 4 is 11.8 Å². The zero-order valence-electron chi connectivity index (χ0n) is 16.0. The molecule has 142 valence electrons. The largest absolute Gasteiger partial charge is 0.469 e. The second-order valence-corrected chi connectivity index (χ2v) is 6.92. The number of hydrogen-bond acceptors (Lipinski definition) is 4. The van der Waals surface area contributed by atoms with E-state index < -0.39 is 0 Å². The molecule has 0 aromatic carbocycles. The molecule has 0 radical (unpaired) electrons. The molecule has 0 heterocycles. The second kappa shape index (κ2) is 15.6. The predicted octanol–water partition coefficient (Wildman–Crippen LogP) is 4.82. The van der Waals surface area contributed by atoms with Crippen LogP contribution in [0.15, 0.2) is 0 Å². The van der Waals surface area contributed by atoms with E-state index in [-0.39, 0.29) is 23.8 Å². The van der Waals surface area contributed by atoms with Crippen molar-refractivity contribution in [3.63, 3.8) is 0 Å². The van der Waals surface area contributed by atoms with Crippen molar-refractivity contribution in [3.8, 4) is 0 Å². The highest BCUT2D eigenvalue weighted by atomic mass is 16.5. The normalized spacial score (nSPS) is 13.5. The highest BCUT2D eigenvalue weighted by molar-refractivity contribution is 5.78. The Balaban J connectivity index is 3.74. The Kier molecular flexibility index (Phi) is 15.0. The van der Waals surface area contributed by atoms with Crippen molar-refractivity contribution in [1.29, 1.82) is 0 Å². The molecule has 2 unspecified atom stereocenters. The van der Waals surface area contributed by atoms with Crippen LogP contribution in [-0.2, 0) is 14.3 Å². The minimum absolute atomic E-state index is 0.133. The number of unbranched alkanes of at least 4 members (excludes halogenated alkanes) is 5. The van der Waals surface area contributed by atoms with Crippen LogP contribution in [0.5, 0.6) is 0 Å². The molecule has 4 nitrogen and oxygen atoms in total. The first-order valence-corrected chi connectivity index (χ1v) is 9.76. The zero-order valence-corrected chi connectivity index (χ0v) is 16.0. The van der Waals surface area contributed by atoms with Crippen LogP contribution in [0.3, 0.4) is 0 Å². The average molecular weight is 343 g/mol. The average Bonchev–Trinajstić information content (AvgIpc) is 2.55. The molecule has 24 heavy (non-hydrogen) atoms. The molecule has 2 atom stereocenters. The number of Topliss-reactive ketones (excluding diaryl/α,β-unsaturated/α-hetero) is 1. The first-order valence-electron chi connectivity index (χ1n) is 9.76. The number of rotatable bonds is 16. The van der Waals surface area contributed by atoms with Gasteiger partial charge in [-0.05, 0) is 39.0 Å². The fourth-order valence-corrected chi connectivity index (χ4v) is 3.04. The van der Waals surface area contributed by atoms with Crippen molar-refractivity contribution in [2.24, 2.45) is 5.92 Å². The Morgan fingerprint density at radius 2 is 1.46 bits per heavy atom. The first-order chi connectivity index (χ1) is 11.5. The highest BCUT2D eigenvalue weighted by Gasteiger charge is 2.14. The van der Waals surface area contributed by atoms with Gasteiger partial charge >= 0.3 is 5.97 Å². The van der Waals surface area contributed by atoms with Crippen LogP contribution in [-0.4, -0.2) is 30.1 Å². The van der Waals surface area contributed by atoms with Crippen LogP contribution in [0.2, 0.25) is 0 Å². The summed E-state index contributed by atoms with van der Waals surface area (Å²) >= 11 is 0. The maximum absolute atomic E-state index is 11.8. The number of ether oxygens (including phenoxy) is 1. The second-order valence-electron chi connectivity index (χ2n) is 6.92. The van der Waals surface area contributed by atoms with Crippen molar-refractivity contribution in [2.45, 2.75) is 103 Å². The Bertz CT molecular complexity index is 328. The molecular weight excluding hydrogens is 304 g/mol. The Labute approximate surface area is 148 Å². The van der Waals surface area contributed by atoms with Gasteiger partial charge < -0.3 is 9.84 Å². The van der Waals surface area contributed by atoms with Gasteiger partial charge in [0, 0.05) is 12.3 Å². The lowest BCUT2D eigenvalue weighted by atomic mass is 9.91. The molecule has 0 fully saturated rings. The van der Waals surface area contributed by atoms with E-state index in [1.54, 1.807) is 6.92 Å². The number of carbonyl (C=O) groups is 2. The van der Waals surface area contributed by atoms with Gasteiger partial charge in [0.25, 0.3) is 0 Å². The molecule has 0 saturated heterocycles. The van der Waals surface area contributed by atoms with Crippen LogP contribution < -0.4 is 0 Å². The Morgan fingerprint density at radius 3 is 2.08 bits per heavy atom. The molecular formula is C20H38O4. The monoisotopic (exact) mass is 342 g/mol. The summed E-state index contributed by atoms with van der Waals surface area (Å²) in [7, 11) is 1.42. The number of carbonyl (C=O) groups excluding carboxylic acids is 2. The van der Waals surface area contributed by atoms with Crippen molar-refractivity contribution in [1.82, 2.24) is 0 Å². The maximum atomic E-state index is 11.8. The molecule has 0 amide bonds. The van der Waals surface area contributed by atoms with Crippen molar-refractivity contribution in [3.05, 3.63) is 0 Å². The molecule has 1 N–H and O–H groups in total. The van der Waals surface area contributed by atoms with Gasteiger partial charge in [0.2, 0.25) is 0 Å². The number of aliphatic hydroxyl groups excluding tert-OH is 1. The maximum Gasteiger partial charge on any atom is 0.305 e.